The van der Waals surface area contributed by atoms with Crippen LogP contribution in [0.3, 0.4) is 0 Å². The van der Waals surface area contributed by atoms with Gasteiger partial charge in [-0.05, 0) is 31.0 Å². The van der Waals surface area contributed by atoms with E-state index in [1.807, 2.05) is 24.3 Å². The van der Waals surface area contributed by atoms with E-state index in [-0.39, 0.29) is 31.3 Å². The summed E-state index contributed by atoms with van der Waals surface area (Å²) in [6.45, 7) is 0.178. The van der Waals surface area contributed by atoms with Crippen LogP contribution in [0.1, 0.15) is 30.5 Å². The smallest absolute Gasteiger partial charge is 0.278 e. The SMILES string of the molecule is O=C(Cn1c2ccccc2c2ncn(Cc3nc(C4CC4)no3)c(=O)c21)Nc1ccc2c(c1)OCO2. The van der Waals surface area contributed by atoms with Gasteiger partial charge in [-0.25, -0.2) is 4.98 Å². The van der Waals surface area contributed by atoms with E-state index < -0.39 is 0 Å². The molecule has 0 saturated heterocycles. The molecule has 0 spiro atoms. The fourth-order valence-corrected chi connectivity index (χ4v) is 4.53. The number of anilines is 1. The maximum Gasteiger partial charge on any atom is 0.278 e. The van der Waals surface area contributed by atoms with Gasteiger partial charge in [-0.3, -0.25) is 14.2 Å². The van der Waals surface area contributed by atoms with Gasteiger partial charge in [-0.1, -0.05) is 23.4 Å². The minimum atomic E-state index is -0.294. The molecule has 1 amide bonds. The van der Waals surface area contributed by atoms with Crippen LogP contribution in [-0.2, 0) is 17.9 Å². The largest absolute Gasteiger partial charge is 0.454 e. The highest BCUT2D eigenvalue weighted by molar-refractivity contribution is 6.06. The molecule has 1 aliphatic carbocycles. The average molecular weight is 484 g/mol. The first kappa shape index (κ1) is 20.7. The standard InChI is InChI=1S/C25H20N6O5/c32-20(27-15-7-8-18-19(9-15)35-13-34-18)10-31-17-4-2-1-3-16(17)22-23(31)25(33)30(12-26-22)11-21-28-24(29-36-21)14-5-6-14/h1-4,7-9,12,14H,5-6,10-11,13H2,(H,27,32). The second-order valence-corrected chi connectivity index (χ2v) is 8.91. The second-order valence-electron chi connectivity index (χ2n) is 8.91. The summed E-state index contributed by atoms with van der Waals surface area (Å²) < 4.78 is 19.2. The Labute approximate surface area is 203 Å². The summed E-state index contributed by atoms with van der Waals surface area (Å²) in [5, 5.41) is 7.69. The van der Waals surface area contributed by atoms with E-state index in [1.165, 1.54) is 10.9 Å². The summed E-state index contributed by atoms with van der Waals surface area (Å²) >= 11 is 0. The quantitative estimate of drug-likeness (QED) is 0.390. The molecule has 1 fully saturated rings. The number of hydrogen-bond acceptors (Lipinski definition) is 8. The van der Waals surface area contributed by atoms with E-state index >= 15 is 0 Å². The van der Waals surface area contributed by atoms with Crippen LogP contribution in [-0.4, -0.2) is 37.0 Å². The lowest BCUT2D eigenvalue weighted by atomic mass is 10.2. The van der Waals surface area contributed by atoms with Gasteiger partial charge in [0.25, 0.3) is 5.56 Å². The van der Waals surface area contributed by atoms with E-state index in [9.17, 15) is 9.59 Å². The van der Waals surface area contributed by atoms with Gasteiger partial charge in [0.1, 0.15) is 24.1 Å². The van der Waals surface area contributed by atoms with E-state index in [0.29, 0.717) is 45.9 Å². The topological polar surface area (TPSA) is 126 Å². The Kier molecular flexibility index (Phi) is 4.56. The first-order valence-electron chi connectivity index (χ1n) is 11.6. The van der Waals surface area contributed by atoms with Gasteiger partial charge < -0.3 is 23.9 Å². The Hall–Kier alpha value is -4.67. The Bertz CT molecular complexity index is 1710. The van der Waals surface area contributed by atoms with Crippen LogP contribution in [0.5, 0.6) is 11.5 Å². The Morgan fingerprint density at radius 3 is 2.86 bits per heavy atom. The molecule has 36 heavy (non-hydrogen) atoms. The van der Waals surface area contributed by atoms with E-state index in [4.69, 9.17) is 14.0 Å². The zero-order valence-electron chi connectivity index (χ0n) is 19.0. The van der Waals surface area contributed by atoms with E-state index in [1.54, 1.807) is 22.8 Å². The molecule has 1 N–H and O–H groups in total. The highest BCUT2D eigenvalue weighted by atomic mass is 16.7. The van der Waals surface area contributed by atoms with Crippen molar-refractivity contribution >= 4 is 33.5 Å². The molecule has 0 radical (unpaired) electrons. The summed E-state index contributed by atoms with van der Waals surface area (Å²) in [5.74, 6) is 2.29. The molecule has 0 bridgehead atoms. The van der Waals surface area contributed by atoms with Gasteiger partial charge in [-0.2, -0.15) is 4.98 Å². The number of nitrogens with one attached hydrogen (secondary N) is 1. The molecular formula is C25H20N6O5. The average Bonchev–Trinajstić information content (AvgIpc) is 3.30. The molecule has 1 aliphatic heterocycles. The Balaban J connectivity index is 1.24. The van der Waals surface area contributed by atoms with Crippen LogP contribution in [0, 0.1) is 0 Å². The number of rotatable bonds is 6. The molecule has 2 aliphatic rings. The predicted octanol–water partition coefficient (Wildman–Crippen LogP) is 3.03. The third-order valence-corrected chi connectivity index (χ3v) is 6.42. The molecule has 0 unspecified atom stereocenters. The highest BCUT2D eigenvalue weighted by Gasteiger charge is 2.29. The zero-order valence-corrected chi connectivity index (χ0v) is 19.0. The van der Waals surface area contributed by atoms with Crippen molar-refractivity contribution in [2.24, 2.45) is 0 Å². The van der Waals surface area contributed by atoms with Crippen molar-refractivity contribution < 1.29 is 18.8 Å². The van der Waals surface area contributed by atoms with Crippen molar-refractivity contribution in [2.75, 3.05) is 12.1 Å². The highest BCUT2D eigenvalue weighted by Crippen LogP contribution is 2.38. The predicted molar refractivity (Wildman–Crippen MR) is 128 cm³/mol. The fraction of sp³-hybridized carbons (Fsp3) is 0.240. The number of amides is 1. The third kappa shape index (κ3) is 3.47. The van der Waals surface area contributed by atoms with Gasteiger partial charge in [0, 0.05) is 23.1 Å². The van der Waals surface area contributed by atoms with Gasteiger partial charge in [0.05, 0.1) is 11.8 Å². The van der Waals surface area contributed by atoms with Crippen molar-refractivity contribution in [2.45, 2.75) is 31.8 Å². The summed E-state index contributed by atoms with van der Waals surface area (Å²) in [5.41, 5.74) is 1.89. The van der Waals surface area contributed by atoms with Crippen LogP contribution >= 0.6 is 0 Å². The van der Waals surface area contributed by atoms with Gasteiger partial charge in [0.15, 0.2) is 17.3 Å². The van der Waals surface area contributed by atoms with Crippen LogP contribution in [0.2, 0.25) is 0 Å². The van der Waals surface area contributed by atoms with Gasteiger partial charge >= 0.3 is 0 Å². The van der Waals surface area contributed by atoms with E-state index in [0.717, 1.165) is 23.7 Å². The van der Waals surface area contributed by atoms with Crippen LogP contribution in [0.4, 0.5) is 5.69 Å². The Morgan fingerprint density at radius 2 is 1.97 bits per heavy atom. The number of hydrogen-bond donors (Lipinski definition) is 1. The molecule has 11 heteroatoms. The van der Waals surface area contributed by atoms with Crippen molar-refractivity contribution in [1.29, 1.82) is 0 Å². The van der Waals surface area contributed by atoms with Crippen molar-refractivity contribution in [3.05, 3.63) is 70.9 Å². The third-order valence-electron chi connectivity index (χ3n) is 6.42. The number of nitrogens with zero attached hydrogens (tertiary/aromatic N) is 5. The molecule has 11 nitrogen and oxygen atoms in total. The van der Waals surface area contributed by atoms with Crippen LogP contribution in [0.25, 0.3) is 21.9 Å². The first-order chi connectivity index (χ1) is 17.6. The normalized spacial score (nSPS) is 14.6. The zero-order chi connectivity index (χ0) is 24.2. The fourth-order valence-electron chi connectivity index (χ4n) is 4.53. The molecule has 3 aromatic heterocycles. The molecule has 4 heterocycles. The summed E-state index contributed by atoms with van der Waals surface area (Å²) in [6.07, 6.45) is 3.59. The van der Waals surface area contributed by atoms with E-state index in [2.05, 4.69) is 20.4 Å². The molecule has 0 atom stereocenters. The minimum Gasteiger partial charge on any atom is -0.454 e. The Morgan fingerprint density at radius 1 is 1.11 bits per heavy atom. The van der Waals surface area contributed by atoms with Crippen molar-refractivity contribution in [3.8, 4) is 11.5 Å². The molecule has 180 valence electrons. The number of aromatic nitrogens is 5. The maximum absolute atomic E-state index is 13.6. The maximum atomic E-state index is 13.6. The summed E-state index contributed by atoms with van der Waals surface area (Å²) in [7, 11) is 0. The number of para-hydroxylation sites is 1. The lowest BCUT2D eigenvalue weighted by molar-refractivity contribution is -0.116. The number of benzene rings is 2. The molecule has 2 aromatic carbocycles. The van der Waals surface area contributed by atoms with Crippen molar-refractivity contribution in [1.82, 2.24) is 24.3 Å². The second kappa shape index (κ2) is 7.94. The summed E-state index contributed by atoms with van der Waals surface area (Å²) in [4.78, 5) is 35.6. The molecular weight excluding hydrogens is 464 g/mol. The minimum absolute atomic E-state index is 0.0776. The lowest BCUT2D eigenvalue weighted by Gasteiger charge is -2.10. The number of carbonyl (C=O) groups is 1. The lowest BCUT2D eigenvalue weighted by Crippen LogP contribution is -2.25. The van der Waals surface area contributed by atoms with Crippen LogP contribution in [0.15, 0.2) is 58.1 Å². The molecule has 1 saturated carbocycles. The van der Waals surface area contributed by atoms with Crippen LogP contribution < -0.4 is 20.3 Å². The monoisotopic (exact) mass is 484 g/mol. The molecule has 5 aromatic rings. The van der Waals surface area contributed by atoms with Gasteiger partial charge in [-0.15, -0.1) is 0 Å². The van der Waals surface area contributed by atoms with Gasteiger partial charge in [0.2, 0.25) is 18.6 Å². The number of ether oxygens (including phenoxy) is 2. The number of carbonyl (C=O) groups excluding carboxylic acids is 1. The first-order valence-corrected chi connectivity index (χ1v) is 11.6. The molecule has 7 rings (SSSR count). The number of fused-ring (bicyclic) bond motifs is 4. The summed E-state index contributed by atoms with van der Waals surface area (Å²) in [6, 6.07) is 12.7. The van der Waals surface area contributed by atoms with Crippen molar-refractivity contribution in [3.63, 3.8) is 0 Å².